The molecule has 0 aliphatic heterocycles. The van der Waals surface area contributed by atoms with Gasteiger partial charge in [0, 0.05) is 18.4 Å². The van der Waals surface area contributed by atoms with E-state index < -0.39 is 51.0 Å². The number of carbonyl (C=O) groups is 2. The van der Waals surface area contributed by atoms with Gasteiger partial charge in [0.15, 0.2) is 6.35 Å². The first kappa shape index (κ1) is 42.5. The summed E-state index contributed by atoms with van der Waals surface area (Å²) in [5.41, 5.74) is 3.06. The van der Waals surface area contributed by atoms with E-state index in [4.69, 9.17) is 37.5 Å². The summed E-state index contributed by atoms with van der Waals surface area (Å²) in [5.74, 6) is 1.61. The molecular weight excluding hydrogens is 731 g/mol. The lowest BCUT2D eigenvalue weighted by Gasteiger charge is -2.22. The van der Waals surface area contributed by atoms with Crippen LogP contribution in [0.5, 0.6) is 28.7 Å². The quantitative estimate of drug-likeness (QED) is 0.0665. The Kier molecular flexibility index (Phi) is 14.2. The zero-order chi connectivity index (χ0) is 40.4. The fourth-order valence-electron chi connectivity index (χ4n) is 5.10. The van der Waals surface area contributed by atoms with Crippen LogP contribution in [0, 0.1) is 13.8 Å². The maximum absolute atomic E-state index is 13.6. The number of rotatable bonds is 15. The van der Waals surface area contributed by atoms with E-state index in [1.165, 1.54) is 0 Å². The third kappa shape index (κ3) is 14.2. The van der Waals surface area contributed by atoms with Gasteiger partial charge in [-0.2, -0.15) is 0 Å². The summed E-state index contributed by atoms with van der Waals surface area (Å²) in [6, 6.07) is 23.6. The Labute approximate surface area is 321 Å². The van der Waals surface area contributed by atoms with E-state index in [9.17, 15) is 24.4 Å². The molecule has 4 aromatic rings. The second-order valence-corrected chi connectivity index (χ2v) is 16.7. The summed E-state index contributed by atoms with van der Waals surface area (Å²) < 4.78 is 56.2. The second kappa shape index (κ2) is 18.4. The Morgan fingerprint density at radius 3 is 1.69 bits per heavy atom. The molecule has 0 radical (unpaired) electrons. The number of ether oxygens (including phenoxy) is 6. The van der Waals surface area contributed by atoms with Gasteiger partial charge in [-0.15, -0.1) is 0 Å². The molecule has 0 unspecified atom stereocenters. The lowest BCUT2D eigenvalue weighted by atomic mass is 9.98. The van der Waals surface area contributed by atoms with Gasteiger partial charge in [0.25, 0.3) is 0 Å². The summed E-state index contributed by atoms with van der Waals surface area (Å²) in [4.78, 5) is 24.0. The van der Waals surface area contributed by atoms with Crippen LogP contribution in [0.1, 0.15) is 74.9 Å². The zero-order valence-electron chi connectivity index (χ0n) is 32.4. The van der Waals surface area contributed by atoms with E-state index in [1.807, 2.05) is 42.5 Å². The largest absolute Gasteiger partial charge is 0.510 e. The molecule has 0 aliphatic rings. The second-order valence-electron chi connectivity index (χ2n) is 14.7. The van der Waals surface area contributed by atoms with E-state index in [2.05, 4.69) is 0 Å². The van der Waals surface area contributed by atoms with Crippen molar-refractivity contribution in [3.8, 4) is 28.7 Å². The van der Waals surface area contributed by atoms with Crippen molar-refractivity contribution in [3.05, 3.63) is 112 Å². The smallest absolute Gasteiger partial charge is 0.508 e. The third-order valence-electron chi connectivity index (χ3n) is 7.50. The van der Waals surface area contributed by atoms with Crippen molar-refractivity contribution in [2.45, 2.75) is 79.4 Å². The molecule has 0 aliphatic carbocycles. The number of hydrogen-bond acceptors (Lipinski definition) is 13. The number of phenolic OH excluding ortho intramolecular Hbond substituents is 2. The Morgan fingerprint density at radius 2 is 1.15 bits per heavy atom. The summed E-state index contributed by atoms with van der Waals surface area (Å²) in [7, 11) is -4.22. The average molecular weight is 781 g/mol. The highest BCUT2D eigenvalue weighted by Crippen LogP contribution is 2.48. The first-order valence-electron chi connectivity index (χ1n) is 17.5. The van der Waals surface area contributed by atoms with Gasteiger partial charge in [-0.3, -0.25) is 13.6 Å². The lowest BCUT2D eigenvalue weighted by molar-refractivity contribution is -0.0525. The van der Waals surface area contributed by atoms with Crippen molar-refractivity contribution < 1.29 is 61.8 Å². The van der Waals surface area contributed by atoms with E-state index in [-0.39, 0.29) is 11.5 Å². The van der Waals surface area contributed by atoms with E-state index in [0.29, 0.717) is 46.8 Å². The minimum atomic E-state index is -4.22. The van der Waals surface area contributed by atoms with Crippen molar-refractivity contribution in [2.24, 2.45) is 0 Å². The number of carbonyl (C=O) groups excluding carboxylic acids is 2. The summed E-state index contributed by atoms with van der Waals surface area (Å²) in [5, 5.41) is 21.2. The number of aromatic hydroxyl groups is 2. The highest BCUT2D eigenvalue weighted by Gasteiger charge is 2.30. The molecule has 0 saturated carbocycles. The molecule has 0 saturated heterocycles. The van der Waals surface area contributed by atoms with E-state index in [0.717, 1.165) is 16.7 Å². The first-order valence-corrected chi connectivity index (χ1v) is 19.2. The van der Waals surface area contributed by atoms with Crippen molar-refractivity contribution >= 4 is 19.9 Å². The molecule has 0 spiro atoms. The third-order valence-corrected chi connectivity index (χ3v) is 8.94. The van der Waals surface area contributed by atoms with Gasteiger partial charge < -0.3 is 38.6 Å². The molecule has 13 nitrogen and oxygen atoms in total. The molecule has 0 fully saturated rings. The van der Waals surface area contributed by atoms with Gasteiger partial charge in [-0.25, -0.2) is 9.59 Å². The first-order chi connectivity index (χ1) is 25.8. The number of phenols is 2. The number of aryl methyl sites for hydroxylation is 2. The van der Waals surface area contributed by atoms with Crippen LogP contribution in [0.3, 0.4) is 0 Å². The van der Waals surface area contributed by atoms with Gasteiger partial charge in [-0.05, 0) is 120 Å². The van der Waals surface area contributed by atoms with Crippen molar-refractivity contribution in [3.63, 3.8) is 0 Å². The fourth-order valence-corrected chi connectivity index (χ4v) is 6.06. The predicted octanol–water partition coefficient (Wildman–Crippen LogP) is 10.1. The highest BCUT2D eigenvalue weighted by molar-refractivity contribution is 7.53. The maximum Gasteiger partial charge on any atom is 0.510 e. The maximum atomic E-state index is 13.6. The molecule has 2 N–H and O–H groups in total. The van der Waals surface area contributed by atoms with Crippen LogP contribution >= 0.6 is 7.60 Å². The van der Waals surface area contributed by atoms with E-state index >= 15 is 0 Å². The molecule has 14 heteroatoms. The summed E-state index contributed by atoms with van der Waals surface area (Å²) >= 11 is 0. The molecule has 0 atom stereocenters. The van der Waals surface area contributed by atoms with Gasteiger partial charge >= 0.3 is 19.9 Å². The molecule has 0 heterocycles. The van der Waals surface area contributed by atoms with Crippen molar-refractivity contribution in [1.29, 1.82) is 0 Å². The van der Waals surface area contributed by atoms with Crippen LogP contribution in [-0.4, -0.2) is 53.7 Å². The molecule has 0 amide bonds. The number of hydrogen-bond donors (Lipinski definition) is 2. The molecule has 296 valence electrons. The van der Waals surface area contributed by atoms with Crippen LogP contribution in [0.2, 0.25) is 0 Å². The van der Waals surface area contributed by atoms with Crippen LogP contribution in [0.25, 0.3) is 0 Å². The fraction of sp³-hybridized carbons (Fsp3) is 0.366. The van der Waals surface area contributed by atoms with Crippen LogP contribution in [0.15, 0.2) is 78.9 Å². The van der Waals surface area contributed by atoms with Crippen LogP contribution < -0.4 is 9.47 Å². The normalized spacial score (nSPS) is 11.8. The van der Waals surface area contributed by atoms with E-state index in [1.54, 1.807) is 91.8 Å². The monoisotopic (exact) mass is 780 g/mol. The highest BCUT2D eigenvalue weighted by atomic mass is 31.2. The molecule has 55 heavy (non-hydrogen) atoms. The van der Waals surface area contributed by atoms with Gasteiger partial charge in [0.1, 0.15) is 39.9 Å². The zero-order valence-corrected chi connectivity index (χ0v) is 33.3. The average Bonchev–Trinajstić information content (AvgIpc) is 3.07. The Hall–Kier alpha value is -5.23. The minimum absolute atomic E-state index is 0.101. The minimum Gasteiger partial charge on any atom is -0.508 e. The Morgan fingerprint density at radius 1 is 0.636 bits per heavy atom. The summed E-state index contributed by atoms with van der Waals surface area (Å²) in [6.07, 6.45) is -1.79. The van der Waals surface area contributed by atoms with Gasteiger partial charge in [0.05, 0.1) is 0 Å². The standard InChI is InChI=1S/C41H49O13P/c1-27-18-34(49-26-55(46,50-24-47-38(44)53-40(3,4)5)51-25-48-39(45)54-41(6,7)8)19-28(2)37(27)52-33-15-17-36(43)32(23-33)22-30-14-16-35(42)31(21-30)20-29-12-10-9-11-13-29/h9-19,21,23,42-43H,20,22,24-26H2,1-8H3. The van der Waals surface area contributed by atoms with Gasteiger partial charge in [-0.1, -0.05) is 42.5 Å². The molecule has 0 aromatic heterocycles. The lowest BCUT2D eigenvalue weighted by Crippen LogP contribution is -2.25. The molecule has 4 aromatic carbocycles. The molecule has 4 rings (SSSR count). The van der Waals surface area contributed by atoms with Crippen LogP contribution in [-0.2, 0) is 45.4 Å². The van der Waals surface area contributed by atoms with Crippen molar-refractivity contribution in [2.75, 3.05) is 19.9 Å². The van der Waals surface area contributed by atoms with Crippen LogP contribution in [0.4, 0.5) is 9.59 Å². The predicted molar refractivity (Wildman–Crippen MR) is 204 cm³/mol. The Balaban J connectivity index is 1.44. The topological polar surface area (TPSA) is 166 Å². The number of benzene rings is 4. The molecule has 0 bridgehead atoms. The van der Waals surface area contributed by atoms with Crippen molar-refractivity contribution in [1.82, 2.24) is 0 Å². The summed E-state index contributed by atoms with van der Waals surface area (Å²) in [6.45, 7) is 11.9. The Bertz CT molecular complexity index is 1920. The molecular formula is C41H49O13P. The van der Waals surface area contributed by atoms with Gasteiger partial charge in [0.2, 0.25) is 13.6 Å². The SMILES string of the molecule is Cc1cc(OCP(=O)(OCOC(=O)OC(C)(C)C)OCOC(=O)OC(C)(C)C)cc(C)c1Oc1ccc(O)c(Cc2ccc(O)c(Cc3ccccc3)c2)c1.